The zero-order valence-corrected chi connectivity index (χ0v) is 11.1. The van der Waals surface area contributed by atoms with Gasteiger partial charge in [-0.15, -0.1) is 0 Å². The van der Waals surface area contributed by atoms with E-state index in [-0.39, 0.29) is 0 Å². The van der Waals surface area contributed by atoms with Crippen LogP contribution in [0.5, 0.6) is 0 Å². The number of imidazole rings is 1. The molecule has 1 aromatic rings. The van der Waals surface area contributed by atoms with Crippen molar-refractivity contribution >= 4 is 11.8 Å². The Morgan fingerprint density at radius 1 is 1.29 bits per heavy atom. The van der Waals surface area contributed by atoms with Crippen molar-refractivity contribution in [2.45, 2.75) is 38.3 Å². The Balaban J connectivity index is 1.45. The molecule has 17 heavy (non-hydrogen) atoms. The Labute approximate surface area is 107 Å². The van der Waals surface area contributed by atoms with E-state index in [1.165, 1.54) is 49.4 Å². The fraction of sp³-hybridized carbons (Fsp3) is 0.769. The summed E-state index contributed by atoms with van der Waals surface area (Å²) in [5.41, 5.74) is 1.36. The third-order valence-corrected chi connectivity index (χ3v) is 4.82. The third kappa shape index (κ3) is 3.05. The maximum atomic E-state index is 4.27. The van der Waals surface area contributed by atoms with Gasteiger partial charge in [0.15, 0.2) is 0 Å². The minimum atomic E-state index is 0.750. The number of nitrogens with one attached hydrogen (secondary N) is 1. The highest BCUT2D eigenvalue weighted by Crippen LogP contribution is 2.35. The van der Waals surface area contributed by atoms with Gasteiger partial charge in [0.05, 0.1) is 12.0 Å². The van der Waals surface area contributed by atoms with Gasteiger partial charge in [-0.2, -0.15) is 11.8 Å². The summed E-state index contributed by atoms with van der Waals surface area (Å²) in [5, 5.41) is 3.61. The third-order valence-electron chi connectivity index (χ3n) is 3.77. The first-order valence-electron chi connectivity index (χ1n) is 6.72. The van der Waals surface area contributed by atoms with Crippen molar-refractivity contribution in [1.29, 1.82) is 0 Å². The van der Waals surface area contributed by atoms with Gasteiger partial charge in [-0.1, -0.05) is 0 Å². The van der Waals surface area contributed by atoms with Crippen LogP contribution in [0, 0.1) is 5.92 Å². The van der Waals surface area contributed by atoms with Crippen LogP contribution in [0.15, 0.2) is 12.5 Å². The Bertz CT molecular complexity index is 353. The van der Waals surface area contributed by atoms with Gasteiger partial charge in [-0.05, 0) is 49.7 Å². The first-order valence-corrected chi connectivity index (χ1v) is 7.88. The fourth-order valence-corrected chi connectivity index (χ4v) is 3.71. The summed E-state index contributed by atoms with van der Waals surface area (Å²) >= 11 is 2.10. The molecule has 2 heterocycles. The molecule has 1 saturated heterocycles. The Hall–Kier alpha value is -0.480. The smallest absolute Gasteiger partial charge is 0.0951 e. The molecule has 0 unspecified atom stereocenters. The summed E-state index contributed by atoms with van der Waals surface area (Å²) in [6.45, 7) is 2.16. The molecule has 1 N–H and O–H groups in total. The predicted molar refractivity (Wildman–Crippen MR) is 72.3 cm³/mol. The molecule has 0 radical (unpaired) electrons. The molecule has 0 spiro atoms. The van der Waals surface area contributed by atoms with E-state index in [0.29, 0.717) is 0 Å². The number of rotatable bonds is 5. The van der Waals surface area contributed by atoms with Gasteiger partial charge in [0.2, 0.25) is 0 Å². The molecule has 0 aromatic carbocycles. The van der Waals surface area contributed by atoms with E-state index >= 15 is 0 Å². The predicted octanol–water partition coefficient (Wildman–Crippen LogP) is 2.45. The number of nitrogens with zero attached hydrogens (tertiary/aromatic N) is 2. The van der Waals surface area contributed by atoms with Crippen LogP contribution in [0.3, 0.4) is 0 Å². The minimum Gasteiger partial charge on any atom is -0.330 e. The van der Waals surface area contributed by atoms with Crippen LogP contribution in [0.2, 0.25) is 0 Å². The highest BCUT2D eigenvalue weighted by molar-refractivity contribution is 7.99. The lowest BCUT2D eigenvalue weighted by Gasteiger charge is -2.21. The van der Waals surface area contributed by atoms with Crippen LogP contribution in [0.25, 0.3) is 0 Å². The first kappa shape index (κ1) is 11.6. The molecule has 3 nitrogen and oxygen atoms in total. The van der Waals surface area contributed by atoms with Gasteiger partial charge in [0, 0.05) is 18.8 Å². The molecule has 1 aliphatic carbocycles. The van der Waals surface area contributed by atoms with Crippen LogP contribution in [0.1, 0.15) is 37.4 Å². The second-order valence-corrected chi connectivity index (χ2v) is 6.43. The summed E-state index contributed by atoms with van der Waals surface area (Å²) in [5.74, 6) is 3.60. The summed E-state index contributed by atoms with van der Waals surface area (Å²) in [6, 6.07) is 0.750. The molecular formula is C13H21N3S. The maximum absolute atomic E-state index is 4.27. The van der Waals surface area contributed by atoms with E-state index in [1.807, 2.05) is 12.5 Å². The number of hydrogen-bond donors (Lipinski definition) is 1. The normalized spacial score (nSPS) is 21.9. The Morgan fingerprint density at radius 3 is 2.88 bits per heavy atom. The second-order valence-electron chi connectivity index (χ2n) is 5.21. The van der Waals surface area contributed by atoms with Crippen LogP contribution in [-0.4, -0.2) is 27.6 Å². The molecule has 1 aliphatic heterocycles. The molecule has 3 rings (SSSR count). The average Bonchev–Trinajstić information content (AvgIpc) is 3.11. The summed E-state index contributed by atoms with van der Waals surface area (Å²) in [7, 11) is 0. The zero-order valence-electron chi connectivity index (χ0n) is 10.3. The van der Waals surface area contributed by atoms with Crippen molar-refractivity contribution in [2.24, 2.45) is 5.92 Å². The SMILES string of the molecule is c1ncn(C2CC2)c1CNCC1CCSCC1. The number of aromatic nitrogens is 2. The lowest BCUT2D eigenvalue weighted by Crippen LogP contribution is -2.26. The summed E-state index contributed by atoms with van der Waals surface area (Å²) in [6.07, 6.45) is 9.46. The van der Waals surface area contributed by atoms with Crippen LogP contribution in [-0.2, 0) is 6.54 Å². The van der Waals surface area contributed by atoms with E-state index in [4.69, 9.17) is 0 Å². The van der Waals surface area contributed by atoms with Crippen LogP contribution in [0.4, 0.5) is 0 Å². The summed E-state index contributed by atoms with van der Waals surface area (Å²) < 4.78 is 2.35. The lowest BCUT2D eigenvalue weighted by molar-refractivity contribution is 0.443. The standard InChI is InChI=1S/C13H21N3S/c1-2-12(1)16-10-15-9-13(16)8-14-7-11-3-5-17-6-4-11/h9-12,14H,1-8H2. The summed E-state index contributed by atoms with van der Waals surface area (Å²) in [4.78, 5) is 4.27. The van der Waals surface area contributed by atoms with E-state index in [2.05, 4.69) is 26.6 Å². The lowest BCUT2D eigenvalue weighted by atomic mass is 10.0. The zero-order chi connectivity index (χ0) is 11.5. The molecule has 0 atom stereocenters. The Morgan fingerprint density at radius 2 is 2.12 bits per heavy atom. The minimum absolute atomic E-state index is 0.750. The van der Waals surface area contributed by atoms with E-state index in [0.717, 1.165) is 18.5 Å². The van der Waals surface area contributed by atoms with Crippen molar-refractivity contribution in [1.82, 2.24) is 14.9 Å². The molecule has 4 heteroatoms. The van der Waals surface area contributed by atoms with Gasteiger partial charge < -0.3 is 9.88 Å². The Kier molecular flexibility index (Phi) is 3.71. The van der Waals surface area contributed by atoms with Gasteiger partial charge in [0.1, 0.15) is 0 Å². The first-order chi connectivity index (χ1) is 8.43. The maximum Gasteiger partial charge on any atom is 0.0951 e. The molecule has 2 fully saturated rings. The average molecular weight is 251 g/mol. The highest BCUT2D eigenvalue weighted by atomic mass is 32.2. The van der Waals surface area contributed by atoms with Gasteiger partial charge in [0.25, 0.3) is 0 Å². The van der Waals surface area contributed by atoms with Crippen LogP contribution >= 0.6 is 11.8 Å². The molecule has 0 amide bonds. The van der Waals surface area contributed by atoms with Gasteiger partial charge in [-0.25, -0.2) is 4.98 Å². The van der Waals surface area contributed by atoms with E-state index in [9.17, 15) is 0 Å². The van der Waals surface area contributed by atoms with Crippen LogP contribution < -0.4 is 5.32 Å². The second kappa shape index (κ2) is 5.44. The topological polar surface area (TPSA) is 29.9 Å². The monoisotopic (exact) mass is 251 g/mol. The largest absolute Gasteiger partial charge is 0.330 e. The molecular weight excluding hydrogens is 230 g/mol. The molecule has 1 saturated carbocycles. The fourth-order valence-electron chi connectivity index (χ4n) is 2.51. The van der Waals surface area contributed by atoms with Crippen molar-refractivity contribution < 1.29 is 0 Å². The molecule has 0 bridgehead atoms. The highest BCUT2D eigenvalue weighted by Gasteiger charge is 2.25. The number of hydrogen-bond acceptors (Lipinski definition) is 3. The van der Waals surface area contributed by atoms with Crippen molar-refractivity contribution in [3.8, 4) is 0 Å². The van der Waals surface area contributed by atoms with Gasteiger partial charge in [-0.3, -0.25) is 0 Å². The van der Waals surface area contributed by atoms with E-state index in [1.54, 1.807) is 0 Å². The molecule has 2 aliphatic rings. The van der Waals surface area contributed by atoms with Crippen molar-refractivity contribution in [3.63, 3.8) is 0 Å². The van der Waals surface area contributed by atoms with E-state index < -0.39 is 0 Å². The quantitative estimate of drug-likeness (QED) is 0.872. The van der Waals surface area contributed by atoms with Crippen molar-refractivity contribution in [3.05, 3.63) is 18.2 Å². The van der Waals surface area contributed by atoms with Gasteiger partial charge >= 0.3 is 0 Å². The number of thioether (sulfide) groups is 1. The molecule has 94 valence electrons. The molecule has 1 aromatic heterocycles. The van der Waals surface area contributed by atoms with Crippen molar-refractivity contribution in [2.75, 3.05) is 18.1 Å².